The molecule has 2 N–H and O–H groups in total. The highest BCUT2D eigenvalue weighted by atomic mass is 127. The van der Waals surface area contributed by atoms with Crippen molar-refractivity contribution in [2.24, 2.45) is 10.9 Å². The van der Waals surface area contributed by atoms with E-state index in [1.807, 2.05) is 13.0 Å². The van der Waals surface area contributed by atoms with Gasteiger partial charge in [0.1, 0.15) is 5.82 Å². The summed E-state index contributed by atoms with van der Waals surface area (Å²) in [5, 5.41) is 6.46. The average Bonchev–Trinajstić information content (AvgIpc) is 3.18. The Hall–Kier alpha value is -0.370. The molecule has 112 valence electrons. The Balaban J connectivity index is 0.00000200. The number of rotatable bonds is 5. The molecule has 0 bridgehead atoms. The Morgan fingerprint density at radius 3 is 2.75 bits per heavy atom. The van der Waals surface area contributed by atoms with E-state index in [9.17, 15) is 4.39 Å². The van der Waals surface area contributed by atoms with Crippen LogP contribution in [-0.4, -0.2) is 19.0 Å². The van der Waals surface area contributed by atoms with Crippen LogP contribution in [0.15, 0.2) is 27.7 Å². The molecule has 0 spiro atoms. The van der Waals surface area contributed by atoms with E-state index >= 15 is 0 Å². The van der Waals surface area contributed by atoms with E-state index in [0.29, 0.717) is 12.1 Å². The Kier molecular flexibility index (Phi) is 7.79. The van der Waals surface area contributed by atoms with Gasteiger partial charge in [-0.05, 0) is 37.8 Å². The Morgan fingerprint density at radius 2 is 2.15 bits per heavy atom. The lowest BCUT2D eigenvalue weighted by molar-refractivity contribution is 0.609. The maximum atomic E-state index is 13.7. The van der Waals surface area contributed by atoms with Crippen molar-refractivity contribution in [3.05, 3.63) is 34.1 Å². The molecule has 0 radical (unpaired) electrons. The Morgan fingerprint density at radius 1 is 1.40 bits per heavy atom. The number of hydrogen-bond donors (Lipinski definition) is 2. The number of hydrogen-bond acceptors (Lipinski definition) is 1. The lowest BCUT2D eigenvalue weighted by atomic mass is 10.2. The van der Waals surface area contributed by atoms with Crippen LogP contribution in [0.5, 0.6) is 0 Å². The van der Waals surface area contributed by atoms with E-state index < -0.39 is 0 Å². The van der Waals surface area contributed by atoms with Crippen LogP contribution in [-0.2, 0) is 6.54 Å². The summed E-state index contributed by atoms with van der Waals surface area (Å²) in [6.45, 7) is 4.13. The van der Waals surface area contributed by atoms with Gasteiger partial charge in [-0.3, -0.25) is 0 Å². The minimum Gasteiger partial charge on any atom is -0.357 e. The molecule has 2 rings (SSSR count). The molecule has 0 saturated heterocycles. The van der Waals surface area contributed by atoms with Crippen LogP contribution in [0.3, 0.4) is 0 Å². The van der Waals surface area contributed by atoms with Crippen LogP contribution < -0.4 is 10.6 Å². The van der Waals surface area contributed by atoms with E-state index in [1.54, 1.807) is 6.07 Å². The third kappa shape index (κ3) is 5.95. The number of nitrogens with one attached hydrogen (secondary N) is 2. The minimum absolute atomic E-state index is 0. The first-order valence-corrected chi connectivity index (χ1v) is 7.44. The Labute approximate surface area is 145 Å². The van der Waals surface area contributed by atoms with Crippen LogP contribution in [0.4, 0.5) is 4.39 Å². The zero-order chi connectivity index (χ0) is 13.7. The fourth-order valence-electron chi connectivity index (χ4n) is 1.72. The zero-order valence-corrected chi connectivity index (χ0v) is 15.4. The van der Waals surface area contributed by atoms with Gasteiger partial charge in [0.05, 0.1) is 6.54 Å². The lowest BCUT2D eigenvalue weighted by Crippen LogP contribution is -2.38. The number of halogens is 3. The third-order valence-electron chi connectivity index (χ3n) is 3.02. The fourth-order valence-corrected chi connectivity index (χ4v) is 2.05. The fraction of sp³-hybridized carbons (Fsp3) is 0.500. The van der Waals surface area contributed by atoms with Gasteiger partial charge in [-0.1, -0.05) is 22.0 Å². The summed E-state index contributed by atoms with van der Waals surface area (Å²) in [7, 11) is 0. The van der Waals surface area contributed by atoms with Crippen molar-refractivity contribution in [1.82, 2.24) is 10.6 Å². The SMILES string of the molecule is CCNC(=NCc1ccc(Br)cc1F)NCC1CC1.I. The second-order valence-electron chi connectivity index (χ2n) is 4.76. The predicted molar refractivity (Wildman–Crippen MR) is 95.1 cm³/mol. The van der Waals surface area contributed by atoms with E-state index in [4.69, 9.17) is 0 Å². The van der Waals surface area contributed by atoms with Crippen molar-refractivity contribution in [2.75, 3.05) is 13.1 Å². The molecule has 6 heteroatoms. The van der Waals surface area contributed by atoms with Gasteiger partial charge in [-0.25, -0.2) is 9.38 Å². The van der Waals surface area contributed by atoms with Crippen LogP contribution in [0.25, 0.3) is 0 Å². The molecule has 0 unspecified atom stereocenters. The van der Waals surface area contributed by atoms with Crippen LogP contribution >= 0.6 is 39.9 Å². The first kappa shape index (κ1) is 17.7. The van der Waals surface area contributed by atoms with E-state index in [-0.39, 0.29) is 29.8 Å². The summed E-state index contributed by atoms with van der Waals surface area (Å²) in [5.41, 5.74) is 0.604. The van der Waals surface area contributed by atoms with E-state index in [1.165, 1.54) is 18.9 Å². The third-order valence-corrected chi connectivity index (χ3v) is 3.52. The van der Waals surface area contributed by atoms with Crippen molar-refractivity contribution >= 4 is 45.9 Å². The molecular formula is C14H20BrFIN3. The maximum Gasteiger partial charge on any atom is 0.191 e. The molecule has 0 aliphatic heterocycles. The summed E-state index contributed by atoms with van der Waals surface area (Å²) in [4.78, 5) is 4.41. The summed E-state index contributed by atoms with van der Waals surface area (Å²) in [6.07, 6.45) is 2.60. The highest BCUT2D eigenvalue weighted by Gasteiger charge is 2.21. The topological polar surface area (TPSA) is 36.4 Å². The van der Waals surface area contributed by atoms with Crippen molar-refractivity contribution in [2.45, 2.75) is 26.3 Å². The first-order valence-electron chi connectivity index (χ1n) is 6.65. The number of benzene rings is 1. The molecule has 3 nitrogen and oxygen atoms in total. The minimum atomic E-state index is -0.226. The maximum absolute atomic E-state index is 13.7. The van der Waals surface area contributed by atoms with Gasteiger partial charge in [0.25, 0.3) is 0 Å². The second-order valence-corrected chi connectivity index (χ2v) is 5.67. The van der Waals surface area contributed by atoms with Crippen molar-refractivity contribution in [3.8, 4) is 0 Å². The van der Waals surface area contributed by atoms with Crippen molar-refractivity contribution < 1.29 is 4.39 Å². The first-order chi connectivity index (χ1) is 9.19. The van der Waals surface area contributed by atoms with Gasteiger partial charge < -0.3 is 10.6 Å². The molecular weight excluding hydrogens is 436 g/mol. The molecule has 1 aromatic carbocycles. The number of nitrogens with zero attached hydrogens (tertiary/aromatic N) is 1. The summed E-state index contributed by atoms with van der Waals surface area (Å²) >= 11 is 3.25. The molecule has 0 amide bonds. The molecule has 20 heavy (non-hydrogen) atoms. The summed E-state index contributed by atoms with van der Waals surface area (Å²) in [5.74, 6) is 1.32. The molecule has 1 fully saturated rings. The zero-order valence-electron chi connectivity index (χ0n) is 11.5. The summed E-state index contributed by atoms with van der Waals surface area (Å²) in [6, 6.07) is 5.06. The van der Waals surface area contributed by atoms with E-state index in [2.05, 4.69) is 31.6 Å². The van der Waals surface area contributed by atoms with Crippen LogP contribution in [0.1, 0.15) is 25.3 Å². The van der Waals surface area contributed by atoms with Crippen molar-refractivity contribution in [3.63, 3.8) is 0 Å². The number of aliphatic imine (C=N–C) groups is 1. The molecule has 1 aliphatic rings. The smallest absolute Gasteiger partial charge is 0.191 e. The normalized spacial score (nSPS) is 14.7. The van der Waals surface area contributed by atoms with Gasteiger partial charge in [0, 0.05) is 23.1 Å². The lowest BCUT2D eigenvalue weighted by Gasteiger charge is -2.10. The monoisotopic (exact) mass is 455 g/mol. The van der Waals surface area contributed by atoms with E-state index in [0.717, 1.165) is 29.4 Å². The highest BCUT2D eigenvalue weighted by Crippen LogP contribution is 2.27. The van der Waals surface area contributed by atoms with Gasteiger partial charge in [0.2, 0.25) is 0 Å². The second kappa shape index (κ2) is 8.81. The van der Waals surface area contributed by atoms with Crippen LogP contribution in [0.2, 0.25) is 0 Å². The molecule has 0 heterocycles. The van der Waals surface area contributed by atoms with Crippen LogP contribution in [0, 0.1) is 11.7 Å². The molecule has 0 aromatic heterocycles. The molecule has 0 atom stereocenters. The largest absolute Gasteiger partial charge is 0.357 e. The molecule has 1 aliphatic carbocycles. The van der Waals surface area contributed by atoms with Gasteiger partial charge >= 0.3 is 0 Å². The van der Waals surface area contributed by atoms with Crippen molar-refractivity contribution in [1.29, 1.82) is 0 Å². The van der Waals surface area contributed by atoms with Gasteiger partial charge in [-0.15, -0.1) is 24.0 Å². The quantitative estimate of drug-likeness (QED) is 0.403. The molecule has 1 saturated carbocycles. The average molecular weight is 456 g/mol. The summed E-state index contributed by atoms with van der Waals surface area (Å²) < 4.78 is 14.4. The standard InChI is InChI=1S/C14H19BrFN3.HI/c1-2-17-14(18-8-10-3-4-10)19-9-11-5-6-12(15)7-13(11)16;/h5-7,10H,2-4,8-9H2,1H3,(H2,17,18,19);1H. The van der Waals surface area contributed by atoms with Gasteiger partial charge in [-0.2, -0.15) is 0 Å². The molecule has 1 aromatic rings. The predicted octanol–water partition coefficient (Wildman–Crippen LogP) is 3.67. The Bertz CT molecular complexity index is 464. The van der Waals surface area contributed by atoms with Gasteiger partial charge in [0.15, 0.2) is 5.96 Å². The highest BCUT2D eigenvalue weighted by molar-refractivity contribution is 14.0. The number of guanidine groups is 1.